The van der Waals surface area contributed by atoms with E-state index in [-0.39, 0.29) is 11.3 Å². The molecule has 0 radical (unpaired) electrons. The summed E-state index contributed by atoms with van der Waals surface area (Å²) in [5.74, 6) is -1.00. The summed E-state index contributed by atoms with van der Waals surface area (Å²) in [5, 5.41) is 13.0. The molecule has 0 spiro atoms. The van der Waals surface area contributed by atoms with Gasteiger partial charge in [0.25, 0.3) is 0 Å². The van der Waals surface area contributed by atoms with Gasteiger partial charge in [0.1, 0.15) is 0 Å². The average molecular weight is 262 g/mol. The third kappa shape index (κ3) is 2.62. The zero-order chi connectivity index (χ0) is 13.1. The standard InChI is InChI=1S/C13H14N2O2S/c1-15(7-9-4-5-18-8-9)10-2-3-11(13(16)17)12(14)6-10/h2-6,8H,7,14H2,1H3,(H,16,17). The highest BCUT2D eigenvalue weighted by molar-refractivity contribution is 7.07. The molecule has 0 saturated carbocycles. The van der Waals surface area contributed by atoms with Crippen LogP contribution in [0.3, 0.4) is 0 Å². The van der Waals surface area contributed by atoms with Crippen molar-refractivity contribution < 1.29 is 9.90 Å². The number of nitrogen functional groups attached to an aromatic ring is 1. The average Bonchev–Trinajstić information content (AvgIpc) is 2.81. The topological polar surface area (TPSA) is 66.6 Å². The Hall–Kier alpha value is -2.01. The van der Waals surface area contributed by atoms with Crippen molar-refractivity contribution in [2.75, 3.05) is 17.7 Å². The van der Waals surface area contributed by atoms with E-state index in [1.165, 1.54) is 11.6 Å². The SMILES string of the molecule is CN(Cc1ccsc1)c1ccc(C(=O)O)c(N)c1. The highest BCUT2D eigenvalue weighted by Gasteiger charge is 2.10. The van der Waals surface area contributed by atoms with Gasteiger partial charge in [-0.05, 0) is 40.6 Å². The molecule has 5 heteroatoms. The number of carboxylic acids is 1. The number of hydrogen-bond donors (Lipinski definition) is 2. The van der Waals surface area contributed by atoms with Gasteiger partial charge in [0.15, 0.2) is 0 Å². The second-order valence-corrected chi connectivity index (χ2v) is 4.84. The van der Waals surface area contributed by atoms with Crippen molar-refractivity contribution in [3.63, 3.8) is 0 Å². The maximum Gasteiger partial charge on any atom is 0.337 e. The van der Waals surface area contributed by atoms with E-state index in [2.05, 4.69) is 11.4 Å². The first-order chi connectivity index (χ1) is 8.58. The first-order valence-electron chi connectivity index (χ1n) is 5.43. The van der Waals surface area contributed by atoms with Gasteiger partial charge in [0.2, 0.25) is 0 Å². The Morgan fingerprint density at radius 3 is 2.78 bits per heavy atom. The van der Waals surface area contributed by atoms with Crippen molar-refractivity contribution in [1.82, 2.24) is 0 Å². The van der Waals surface area contributed by atoms with Crippen molar-refractivity contribution in [2.45, 2.75) is 6.54 Å². The molecule has 0 saturated heterocycles. The van der Waals surface area contributed by atoms with Crippen LogP contribution >= 0.6 is 11.3 Å². The molecule has 0 fully saturated rings. The van der Waals surface area contributed by atoms with E-state index in [9.17, 15) is 4.79 Å². The fourth-order valence-corrected chi connectivity index (χ4v) is 2.39. The van der Waals surface area contributed by atoms with E-state index in [1.54, 1.807) is 23.5 Å². The quantitative estimate of drug-likeness (QED) is 0.831. The van der Waals surface area contributed by atoms with Gasteiger partial charge in [-0.2, -0.15) is 11.3 Å². The maximum absolute atomic E-state index is 10.9. The zero-order valence-electron chi connectivity index (χ0n) is 9.96. The van der Waals surface area contributed by atoms with Crippen LogP contribution in [-0.4, -0.2) is 18.1 Å². The van der Waals surface area contributed by atoms with Gasteiger partial charge in [-0.3, -0.25) is 0 Å². The third-order valence-electron chi connectivity index (χ3n) is 2.71. The first kappa shape index (κ1) is 12.4. The second-order valence-electron chi connectivity index (χ2n) is 4.06. The Labute approximate surface area is 109 Å². The van der Waals surface area contributed by atoms with Gasteiger partial charge in [0, 0.05) is 25.0 Å². The molecule has 18 heavy (non-hydrogen) atoms. The number of thiophene rings is 1. The van der Waals surface area contributed by atoms with Crippen LogP contribution in [0.15, 0.2) is 35.0 Å². The summed E-state index contributed by atoms with van der Waals surface area (Å²) < 4.78 is 0. The molecule has 1 aromatic carbocycles. The molecule has 0 amide bonds. The molecule has 4 nitrogen and oxygen atoms in total. The van der Waals surface area contributed by atoms with Crippen LogP contribution in [0.4, 0.5) is 11.4 Å². The lowest BCUT2D eigenvalue weighted by atomic mass is 10.1. The van der Waals surface area contributed by atoms with E-state index in [4.69, 9.17) is 10.8 Å². The molecule has 0 atom stereocenters. The predicted octanol–water partition coefficient (Wildman–Crippen LogP) is 2.66. The van der Waals surface area contributed by atoms with E-state index < -0.39 is 5.97 Å². The van der Waals surface area contributed by atoms with E-state index in [0.29, 0.717) is 0 Å². The molecule has 1 aromatic heterocycles. The number of hydrogen-bond acceptors (Lipinski definition) is 4. The van der Waals surface area contributed by atoms with Crippen molar-refractivity contribution >= 4 is 28.7 Å². The summed E-state index contributed by atoms with van der Waals surface area (Å²) in [6.07, 6.45) is 0. The first-order valence-corrected chi connectivity index (χ1v) is 6.37. The molecule has 0 aliphatic carbocycles. The van der Waals surface area contributed by atoms with Gasteiger partial charge in [-0.1, -0.05) is 0 Å². The lowest BCUT2D eigenvalue weighted by molar-refractivity contribution is 0.0698. The Morgan fingerprint density at radius 2 is 2.22 bits per heavy atom. The van der Waals surface area contributed by atoms with Crippen LogP contribution in [0.5, 0.6) is 0 Å². The molecule has 2 rings (SSSR count). The number of anilines is 2. The molecule has 0 unspecified atom stereocenters. The zero-order valence-corrected chi connectivity index (χ0v) is 10.8. The van der Waals surface area contributed by atoms with Crippen LogP contribution in [0.25, 0.3) is 0 Å². The van der Waals surface area contributed by atoms with E-state index >= 15 is 0 Å². The number of nitrogens with two attached hydrogens (primary N) is 1. The molecule has 94 valence electrons. The summed E-state index contributed by atoms with van der Waals surface area (Å²) in [6.45, 7) is 0.773. The molecular weight excluding hydrogens is 248 g/mol. The van der Waals surface area contributed by atoms with E-state index in [1.807, 2.05) is 17.3 Å². The normalized spacial score (nSPS) is 10.3. The fraction of sp³-hybridized carbons (Fsp3) is 0.154. The van der Waals surface area contributed by atoms with Crippen LogP contribution in [0.1, 0.15) is 15.9 Å². The summed E-state index contributed by atoms with van der Waals surface area (Å²) >= 11 is 1.66. The highest BCUT2D eigenvalue weighted by Crippen LogP contribution is 2.22. The third-order valence-corrected chi connectivity index (χ3v) is 3.44. The Bertz CT molecular complexity index is 552. The number of nitrogens with zero attached hydrogens (tertiary/aromatic N) is 1. The molecule has 0 aliphatic rings. The van der Waals surface area contributed by atoms with Gasteiger partial charge in [-0.15, -0.1) is 0 Å². The lowest BCUT2D eigenvalue weighted by Gasteiger charge is -2.19. The Balaban J connectivity index is 2.18. The Morgan fingerprint density at radius 1 is 1.44 bits per heavy atom. The molecular formula is C13H14N2O2S. The number of carbonyl (C=O) groups is 1. The van der Waals surface area contributed by atoms with Gasteiger partial charge < -0.3 is 15.7 Å². The minimum absolute atomic E-state index is 0.141. The fourth-order valence-electron chi connectivity index (χ4n) is 1.73. The van der Waals surface area contributed by atoms with Gasteiger partial charge in [-0.25, -0.2) is 4.79 Å². The van der Waals surface area contributed by atoms with Crippen molar-refractivity contribution in [2.24, 2.45) is 0 Å². The summed E-state index contributed by atoms with van der Waals surface area (Å²) in [6, 6.07) is 7.06. The molecule has 1 heterocycles. The van der Waals surface area contributed by atoms with Crippen LogP contribution in [0.2, 0.25) is 0 Å². The molecule has 2 aromatic rings. The largest absolute Gasteiger partial charge is 0.478 e. The van der Waals surface area contributed by atoms with Crippen LogP contribution < -0.4 is 10.6 Å². The highest BCUT2D eigenvalue weighted by atomic mass is 32.1. The number of carboxylic acid groups (broad SMARTS) is 1. The smallest absolute Gasteiger partial charge is 0.337 e. The van der Waals surface area contributed by atoms with Crippen LogP contribution in [-0.2, 0) is 6.54 Å². The maximum atomic E-state index is 10.9. The number of benzene rings is 1. The van der Waals surface area contributed by atoms with Gasteiger partial charge in [0.05, 0.1) is 5.56 Å². The van der Waals surface area contributed by atoms with Crippen LogP contribution in [0, 0.1) is 0 Å². The van der Waals surface area contributed by atoms with Crippen molar-refractivity contribution in [3.05, 3.63) is 46.2 Å². The summed E-state index contributed by atoms with van der Waals surface area (Å²) in [7, 11) is 1.95. The van der Waals surface area contributed by atoms with Crippen molar-refractivity contribution in [3.8, 4) is 0 Å². The molecule has 3 N–H and O–H groups in total. The Kier molecular flexibility index (Phi) is 3.53. The summed E-state index contributed by atoms with van der Waals surface area (Å²) in [5.41, 5.74) is 8.29. The molecule has 0 bridgehead atoms. The number of rotatable bonds is 4. The van der Waals surface area contributed by atoms with Gasteiger partial charge >= 0.3 is 5.97 Å². The lowest BCUT2D eigenvalue weighted by Crippen LogP contribution is -2.16. The summed E-state index contributed by atoms with van der Waals surface area (Å²) in [4.78, 5) is 12.9. The minimum atomic E-state index is -1.00. The molecule has 0 aliphatic heterocycles. The van der Waals surface area contributed by atoms with Crippen molar-refractivity contribution in [1.29, 1.82) is 0 Å². The second kappa shape index (κ2) is 5.10. The minimum Gasteiger partial charge on any atom is -0.478 e. The monoisotopic (exact) mass is 262 g/mol. The predicted molar refractivity (Wildman–Crippen MR) is 74.2 cm³/mol. The van der Waals surface area contributed by atoms with E-state index in [0.717, 1.165) is 12.2 Å². The number of aromatic carboxylic acids is 1.